The molecule has 3 nitrogen and oxygen atoms in total. The van der Waals surface area contributed by atoms with Gasteiger partial charge in [0.25, 0.3) is 0 Å². The fourth-order valence-corrected chi connectivity index (χ4v) is 1.73. The Morgan fingerprint density at radius 2 is 2.33 bits per heavy atom. The molecule has 0 unspecified atom stereocenters. The molecule has 0 saturated heterocycles. The number of hydrogen-bond acceptors (Lipinski definition) is 2. The molecule has 0 aliphatic rings. The van der Waals surface area contributed by atoms with E-state index in [0.717, 1.165) is 21.0 Å². The second-order valence-corrected chi connectivity index (χ2v) is 3.95. The van der Waals surface area contributed by atoms with E-state index < -0.39 is 5.97 Å². The number of hydrogen-bond donors (Lipinski definition) is 1. The van der Waals surface area contributed by atoms with E-state index in [1.807, 2.05) is 25.1 Å². The third-order valence-electron chi connectivity index (χ3n) is 1.69. The molecule has 0 spiro atoms. The van der Waals surface area contributed by atoms with Crippen molar-refractivity contribution in [1.82, 2.24) is 0 Å². The smallest absolute Gasteiger partial charge is 0.328 e. The van der Waals surface area contributed by atoms with E-state index >= 15 is 0 Å². The van der Waals surface area contributed by atoms with Gasteiger partial charge in [0.05, 0.1) is 6.61 Å². The molecule has 0 aliphatic heterocycles. The number of carboxylic acids is 1. The molecule has 1 rings (SSSR count). The zero-order valence-corrected chi connectivity index (χ0v) is 10.4. The minimum atomic E-state index is -0.945. The van der Waals surface area contributed by atoms with Crippen LogP contribution in [0.5, 0.6) is 5.75 Å². The lowest BCUT2D eigenvalue weighted by Gasteiger charge is -2.04. The highest BCUT2D eigenvalue weighted by atomic mass is 127. The molecule has 0 atom stereocenters. The lowest BCUT2D eigenvalue weighted by atomic mass is 10.2. The standard InChI is InChI=1S/C11H11IO3/c1-2-15-9-5-3-8(10(12)7-9)4-6-11(13)14/h3-7H,2H2,1H3,(H,13,14). The second kappa shape index (κ2) is 5.75. The van der Waals surface area contributed by atoms with Crippen LogP contribution in [0.4, 0.5) is 0 Å². The number of benzene rings is 1. The second-order valence-electron chi connectivity index (χ2n) is 2.79. The molecule has 0 aliphatic carbocycles. The van der Waals surface area contributed by atoms with Crippen molar-refractivity contribution < 1.29 is 14.6 Å². The summed E-state index contributed by atoms with van der Waals surface area (Å²) < 4.78 is 6.29. The number of carbonyl (C=O) groups is 1. The number of aliphatic carboxylic acids is 1. The Morgan fingerprint density at radius 3 is 2.87 bits per heavy atom. The van der Waals surface area contributed by atoms with Gasteiger partial charge in [-0.3, -0.25) is 0 Å². The Labute approximate surface area is 102 Å². The van der Waals surface area contributed by atoms with Gasteiger partial charge in [-0.25, -0.2) is 4.79 Å². The van der Waals surface area contributed by atoms with Crippen molar-refractivity contribution in [2.45, 2.75) is 6.92 Å². The molecule has 1 aromatic carbocycles. The molecule has 1 aromatic rings. The summed E-state index contributed by atoms with van der Waals surface area (Å²) in [5.41, 5.74) is 0.876. The monoisotopic (exact) mass is 318 g/mol. The van der Waals surface area contributed by atoms with E-state index in [0.29, 0.717) is 6.61 Å². The highest BCUT2D eigenvalue weighted by molar-refractivity contribution is 14.1. The normalized spacial score (nSPS) is 10.5. The van der Waals surface area contributed by atoms with Crippen molar-refractivity contribution in [1.29, 1.82) is 0 Å². The average Bonchev–Trinajstić information content (AvgIpc) is 2.17. The predicted octanol–water partition coefficient (Wildman–Crippen LogP) is 2.79. The maximum absolute atomic E-state index is 10.3. The van der Waals surface area contributed by atoms with Crippen LogP contribution in [0, 0.1) is 3.57 Å². The quantitative estimate of drug-likeness (QED) is 0.686. The molecule has 1 N–H and O–H groups in total. The van der Waals surface area contributed by atoms with Crippen molar-refractivity contribution in [2.24, 2.45) is 0 Å². The summed E-state index contributed by atoms with van der Waals surface area (Å²) in [4.78, 5) is 10.3. The Bertz CT molecular complexity index is 385. The zero-order valence-electron chi connectivity index (χ0n) is 8.24. The lowest BCUT2D eigenvalue weighted by Crippen LogP contribution is -1.92. The van der Waals surface area contributed by atoms with E-state index in [2.05, 4.69) is 22.6 Å². The first-order valence-corrected chi connectivity index (χ1v) is 5.54. The first-order valence-electron chi connectivity index (χ1n) is 4.47. The van der Waals surface area contributed by atoms with Crippen LogP contribution in [0.25, 0.3) is 6.08 Å². The van der Waals surface area contributed by atoms with Gasteiger partial charge in [-0.2, -0.15) is 0 Å². The van der Waals surface area contributed by atoms with Crippen molar-refractivity contribution in [3.63, 3.8) is 0 Å². The highest BCUT2D eigenvalue weighted by Gasteiger charge is 1.99. The largest absolute Gasteiger partial charge is 0.494 e. The van der Waals surface area contributed by atoms with Gasteiger partial charge in [-0.05, 0) is 53.3 Å². The summed E-state index contributed by atoms with van der Waals surface area (Å²) in [7, 11) is 0. The predicted molar refractivity (Wildman–Crippen MR) is 67.0 cm³/mol. The Morgan fingerprint density at radius 1 is 1.60 bits per heavy atom. The maximum Gasteiger partial charge on any atom is 0.328 e. The number of ether oxygens (including phenoxy) is 1. The molecule has 0 fully saturated rings. The Kier molecular flexibility index (Phi) is 4.61. The van der Waals surface area contributed by atoms with Crippen molar-refractivity contribution in [3.05, 3.63) is 33.4 Å². The first kappa shape index (κ1) is 12.0. The van der Waals surface area contributed by atoms with Gasteiger partial charge in [0.1, 0.15) is 5.75 Å². The molecule has 80 valence electrons. The maximum atomic E-state index is 10.3. The molecule has 0 amide bonds. The van der Waals surface area contributed by atoms with E-state index in [1.165, 1.54) is 0 Å². The number of halogens is 1. The van der Waals surface area contributed by atoms with Crippen molar-refractivity contribution in [3.8, 4) is 5.75 Å². The number of carboxylic acid groups (broad SMARTS) is 1. The lowest BCUT2D eigenvalue weighted by molar-refractivity contribution is -0.131. The van der Waals surface area contributed by atoms with Crippen LogP contribution in [0.3, 0.4) is 0 Å². The van der Waals surface area contributed by atoms with Gasteiger partial charge in [-0.15, -0.1) is 0 Å². The fraction of sp³-hybridized carbons (Fsp3) is 0.182. The molecular formula is C11H11IO3. The van der Waals surface area contributed by atoms with Gasteiger partial charge >= 0.3 is 5.97 Å². The molecule has 15 heavy (non-hydrogen) atoms. The SMILES string of the molecule is CCOc1ccc(C=CC(=O)O)c(I)c1. The minimum Gasteiger partial charge on any atom is -0.494 e. The third-order valence-corrected chi connectivity index (χ3v) is 2.62. The average molecular weight is 318 g/mol. The molecule has 0 aromatic heterocycles. The third kappa shape index (κ3) is 3.91. The fourth-order valence-electron chi connectivity index (χ4n) is 1.06. The van der Waals surface area contributed by atoms with E-state index in [1.54, 1.807) is 6.08 Å². The van der Waals surface area contributed by atoms with Crippen LogP contribution in [0.2, 0.25) is 0 Å². The Balaban J connectivity index is 2.88. The van der Waals surface area contributed by atoms with Gasteiger partial charge in [0.2, 0.25) is 0 Å². The van der Waals surface area contributed by atoms with Crippen LogP contribution < -0.4 is 4.74 Å². The summed E-state index contributed by atoms with van der Waals surface area (Å²) in [5.74, 6) is -0.144. The van der Waals surface area contributed by atoms with Crippen LogP contribution in [-0.4, -0.2) is 17.7 Å². The van der Waals surface area contributed by atoms with Gasteiger partial charge in [0.15, 0.2) is 0 Å². The van der Waals surface area contributed by atoms with Gasteiger partial charge in [-0.1, -0.05) is 6.07 Å². The number of rotatable bonds is 4. The summed E-state index contributed by atoms with van der Waals surface area (Å²) in [6, 6.07) is 5.55. The summed E-state index contributed by atoms with van der Waals surface area (Å²) in [6.45, 7) is 2.55. The van der Waals surface area contributed by atoms with Crippen LogP contribution >= 0.6 is 22.6 Å². The van der Waals surface area contributed by atoms with E-state index in [4.69, 9.17) is 9.84 Å². The summed E-state index contributed by atoms with van der Waals surface area (Å²) >= 11 is 2.15. The van der Waals surface area contributed by atoms with Crippen molar-refractivity contribution in [2.75, 3.05) is 6.61 Å². The zero-order chi connectivity index (χ0) is 11.3. The summed E-state index contributed by atoms with van der Waals surface area (Å²) in [5, 5.41) is 8.49. The molecule has 0 bridgehead atoms. The molecule has 0 radical (unpaired) electrons. The molecular weight excluding hydrogens is 307 g/mol. The molecule has 0 saturated carbocycles. The molecule has 0 heterocycles. The summed E-state index contributed by atoms with van der Waals surface area (Å²) in [6.07, 6.45) is 2.69. The van der Waals surface area contributed by atoms with Crippen LogP contribution in [0.15, 0.2) is 24.3 Å². The van der Waals surface area contributed by atoms with Crippen molar-refractivity contribution >= 4 is 34.6 Å². The van der Waals surface area contributed by atoms with E-state index in [9.17, 15) is 4.79 Å². The van der Waals surface area contributed by atoms with Crippen LogP contribution in [-0.2, 0) is 4.79 Å². The van der Waals surface area contributed by atoms with Gasteiger partial charge < -0.3 is 9.84 Å². The topological polar surface area (TPSA) is 46.5 Å². The first-order chi connectivity index (χ1) is 7.13. The Hall–Kier alpha value is -1.04. The van der Waals surface area contributed by atoms with E-state index in [-0.39, 0.29) is 0 Å². The van der Waals surface area contributed by atoms with Gasteiger partial charge in [0, 0.05) is 9.65 Å². The molecule has 4 heteroatoms. The highest BCUT2D eigenvalue weighted by Crippen LogP contribution is 2.20. The van der Waals surface area contributed by atoms with Crippen LogP contribution in [0.1, 0.15) is 12.5 Å². The minimum absolute atomic E-state index is 0.625.